The zero-order chi connectivity index (χ0) is 14.6. The summed E-state index contributed by atoms with van der Waals surface area (Å²) in [6, 6.07) is 0. The number of esters is 2. The highest BCUT2D eigenvalue weighted by molar-refractivity contribution is 8.13. The number of carbonyl (C=O) groups is 4. The molecule has 0 aromatic heterocycles. The highest BCUT2D eigenvalue weighted by atomic mass is 32.2. The minimum absolute atomic E-state index is 0.0559. The van der Waals surface area contributed by atoms with Gasteiger partial charge in [-0.1, -0.05) is 11.8 Å². The lowest BCUT2D eigenvalue weighted by Gasteiger charge is -1.89. The van der Waals surface area contributed by atoms with Crippen molar-refractivity contribution in [3.05, 3.63) is 0 Å². The molecule has 8 heteroatoms. The highest BCUT2D eigenvalue weighted by Crippen LogP contribution is 2.04. The Bertz CT molecular complexity index is 289. The zero-order valence-corrected chi connectivity index (χ0v) is 11.9. The van der Waals surface area contributed by atoms with Crippen LogP contribution >= 0.6 is 24.4 Å². The van der Waals surface area contributed by atoms with Gasteiger partial charge in [0.1, 0.15) is 0 Å². The van der Waals surface area contributed by atoms with Gasteiger partial charge in [-0.3, -0.25) is 19.2 Å². The van der Waals surface area contributed by atoms with Crippen molar-refractivity contribution < 1.29 is 29.0 Å². The molecule has 104 valence electrons. The van der Waals surface area contributed by atoms with Crippen LogP contribution in [0.4, 0.5) is 0 Å². The average Bonchev–Trinajstić information content (AvgIpc) is 2.73. The van der Waals surface area contributed by atoms with E-state index in [0.717, 1.165) is 11.8 Å². The van der Waals surface area contributed by atoms with Gasteiger partial charge in [0.15, 0.2) is 5.12 Å². The summed E-state index contributed by atoms with van der Waals surface area (Å²) < 4.78 is 4.08. The summed E-state index contributed by atoms with van der Waals surface area (Å²) in [5.41, 5.74) is 0. The Morgan fingerprint density at radius 1 is 1.22 bits per heavy atom. The lowest BCUT2D eigenvalue weighted by Crippen LogP contribution is -1.98. The molecule has 0 atom stereocenters. The number of carbonyl (C=O) groups excluding carboxylic acids is 3. The predicted molar refractivity (Wildman–Crippen MR) is 70.6 cm³/mol. The van der Waals surface area contributed by atoms with Gasteiger partial charge >= 0.3 is 17.9 Å². The number of carboxylic acid groups (broad SMARTS) is 1. The van der Waals surface area contributed by atoms with E-state index in [-0.39, 0.29) is 30.8 Å². The predicted octanol–water partition coefficient (Wildman–Crippen LogP) is 1.14. The first kappa shape index (κ1) is 19.3. The standard InChI is InChI=1S/C5H8O3S.C4H4O3.CH4S/c1-9-5(8)3-2-4(6)7;5-3-1-2-4(6)7-3;1-2/h2-3H2,1H3,(H,6,7);1-2H2;2H,1H3. The van der Waals surface area contributed by atoms with E-state index in [1.54, 1.807) is 12.5 Å². The molecule has 1 N–H and O–H groups in total. The number of rotatable bonds is 3. The molecule has 6 nitrogen and oxygen atoms in total. The molecule has 1 aliphatic rings. The minimum Gasteiger partial charge on any atom is -0.481 e. The number of hydrogen-bond acceptors (Lipinski definition) is 7. The van der Waals surface area contributed by atoms with Gasteiger partial charge in [-0.15, -0.1) is 0 Å². The normalized spacial score (nSPS) is 12.6. The fourth-order valence-electron chi connectivity index (χ4n) is 0.744. The van der Waals surface area contributed by atoms with Crippen molar-refractivity contribution in [2.75, 3.05) is 12.5 Å². The Morgan fingerprint density at radius 3 is 1.89 bits per heavy atom. The summed E-state index contributed by atoms with van der Waals surface area (Å²) in [4.78, 5) is 40.3. The molecule has 1 fully saturated rings. The van der Waals surface area contributed by atoms with Gasteiger partial charge in [-0.25, -0.2) is 0 Å². The molecule has 0 saturated carbocycles. The van der Waals surface area contributed by atoms with E-state index < -0.39 is 17.9 Å². The third-order valence-corrected chi connectivity index (χ3v) is 2.19. The van der Waals surface area contributed by atoms with Crippen LogP contribution in [0.1, 0.15) is 25.7 Å². The number of carboxylic acids is 1. The molecule has 1 aliphatic heterocycles. The Morgan fingerprint density at radius 2 is 1.67 bits per heavy atom. The van der Waals surface area contributed by atoms with Gasteiger partial charge in [0.05, 0.1) is 19.3 Å². The molecule has 0 bridgehead atoms. The van der Waals surface area contributed by atoms with Gasteiger partial charge in [0, 0.05) is 6.42 Å². The van der Waals surface area contributed by atoms with Crippen molar-refractivity contribution in [1.82, 2.24) is 0 Å². The third-order valence-electron chi connectivity index (χ3n) is 1.53. The molecule has 0 amide bonds. The fraction of sp³-hybridized carbons (Fsp3) is 0.600. The summed E-state index contributed by atoms with van der Waals surface area (Å²) in [7, 11) is 0. The molecule has 0 aromatic carbocycles. The van der Waals surface area contributed by atoms with Crippen LogP contribution in [0, 0.1) is 0 Å². The van der Waals surface area contributed by atoms with E-state index in [4.69, 9.17) is 5.11 Å². The van der Waals surface area contributed by atoms with Gasteiger partial charge in [-0.05, 0) is 12.5 Å². The summed E-state index contributed by atoms with van der Waals surface area (Å²) >= 11 is 4.59. The van der Waals surface area contributed by atoms with E-state index in [9.17, 15) is 19.2 Å². The van der Waals surface area contributed by atoms with Crippen LogP contribution < -0.4 is 0 Å². The Balaban J connectivity index is 0. The molecule has 18 heavy (non-hydrogen) atoms. The SMILES string of the molecule is CS.CSC(=O)CCC(=O)O.O=C1CCC(=O)O1. The van der Waals surface area contributed by atoms with Gasteiger partial charge < -0.3 is 9.84 Å². The maximum atomic E-state index is 10.4. The summed E-state index contributed by atoms with van der Waals surface area (Å²) in [6.07, 6.45) is 3.94. The minimum atomic E-state index is -0.919. The Labute approximate surface area is 115 Å². The number of thiol groups is 1. The highest BCUT2D eigenvalue weighted by Gasteiger charge is 2.19. The van der Waals surface area contributed by atoms with E-state index >= 15 is 0 Å². The van der Waals surface area contributed by atoms with Crippen molar-refractivity contribution in [2.45, 2.75) is 25.7 Å². The third kappa shape index (κ3) is 13.0. The molecule has 0 aromatic rings. The van der Waals surface area contributed by atoms with Crippen molar-refractivity contribution in [1.29, 1.82) is 0 Å². The van der Waals surface area contributed by atoms with E-state index in [1.807, 2.05) is 0 Å². The first-order valence-corrected chi connectivity index (χ1v) is 7.04. The quantitative estimate of drug-likeness (QED) is 0.458. The van der Waals surface area contributed by atoms with Crippen molar-refractivity contribution in [2.24, 2.45) is 0 Å². The summed E-state index contributed by atoms with van der Waals surface area (Å²) in [5.74, 6) is -1.72. The van der Waals surface area contributed by atoms with Gasteiger partial charge in [0.2, 0.25) is 0 Å². The molecule has 0 unspecified atom stereocenters. The second kappa shape index (κ2) is 12.4. The Kier molecular flexibility index (Phi) is 13.4. The van der Waals surface area contributed by atoms with E-state index in [2.05, 4.69) is 17.4 Å². The summed E-state index contributed by atoms with van der Waals surface area (Å²) in [5, 5.41) is 8.02. The first-order valence-electron chi connectivity index (χ1n) is 4.92. The maximum absolute atomic E-state index is 10.4. The maximum Gasteiger partial charge on any atom is 0.314 e. The number of thioether (sulfide) groups is 1. The first-order chi connectivity index (χ1) is 8.45. The summed E-state index contributed by atoms with van der Waals surface area (Å²) in [6.45, 7) is 0. The molecule has 1 saturated heterocycles. The zero-order valence-electron chi connectivity index (χ0n) is 10.2. The van der Waals surface area contributed by atoms with Crippen LogP contribution in [0.5, 0.6) is 0 Å². The average molecular weight is 296 g/mol. The topological polar surface area (TPSA) is 97.7 Å². The second-order valence-corrected chi connectivity index (χ2v) is 3.68. The largest absolute Gasteiger partial charge is 0.481 e. The van der Waals surface area contributed by atoms with E-state index in [0.29, 0.717) is 0 Å². The molecule has 1 heterocycles. The van der Waals surface area contributed by atoms with Crippen molar-refractivity contribution >= 4 is 47.4 Å². The van der Waals surface area contributed by atoms with Crippen LogP contribution in [0.15, 0.2) is 0 Å². The van der Waals surface area contributed by atoms with Crippen LogP contribution in [0.2, 0.25) is 0 Å². The molecular weight excluding hydrogens is 280 g/mol. The van der Waals surface area contributed by atoms with Gasteiger partial charge in [-0.2, -0.15) is 12.6 Å². The number of aliphatic carboxylic acids is 1. The van der Waals surface area contributed by atoms with Gasteiger partial charge in [0.25, 0.3) is 0 Å². The molecule has 0 spiro atoms. The Hall–Kier alpha value is -1.02. The molecule has 0 radical (unpaired) electrons. The molecule has 1 rings (SSSR count). The lowest BCUT2D eigenvalue weighted by molar-refractivity contribution is -0.152. The van der Waals surface area contributed by atoms with Crippen molar-refractivity contribution in [3.63, 3.8) is 0 Å². The lowest BCUT2D eigenvalue weighted by atomic mass is 10.3. The number of cyclic esters (lactones) is 2. The van der Waals surface area contributed by atoms with Crippen LogP contribution in [0.3, 0.4) is 0 Å². The monoisotopic (exact) mass is 296 g/mol. The smallest absolute Gasteiger partial charge is 0.314 e. The molecule has 0 aliphatic carbocycles. The van der Waals surface area contributed by atoms with Crippen LogP contribution in [-0.2, 0) is 23.9 Å². The molecular formula is C10H16O6S2. The number of hydrogen-bond donors (Lipinski definition) is 2. The van der Waals surface area contributed by atoms with Crippen molar-refractivity contribution in [3.8, 4) is 0 Å². The van der Waals surface area contributed by atoms with E-state index in [1.165, 1.54) is 0 Å². The van der Waals surface area contributed by atoms with Crippen LogP contribution in [0.25, 0.3) is 0 Å². The number of ether oxygens (including phenoxy) is 1. The van der Waals surface area contributed by atoms with Crippen LogP contribution in [-0.4, -0.2) is 40.6 Å². The second-order valence-electron chi connectivity index (χ2n) is 2.82. The fourth-order valence-corrected chi connectivity index (χ4v) is 1.05.